The third-order valence-electron chi connectivity index (χ3n) is 6.57. The van der Waals surface area contributed by atoms with Crippen molar-refractivity contribution in [2.45, 2.75) is 45.2 Å². The van der Waals surface area contributed by atoms with Gasteiger partial charge in [0.25, 0.3) is 11.8 Å². The predicted molar refractivity (Wildman–Crippen MR) is 143 cm³/mol. The third-order valence-corrected chi connectivity index (χ3v) is 7.80. The Kier molecular flexibility index (Phi) is 9.17. The maximum atomic E-state index is 15.0. The van der Waals surface area contributed by atoms with E-state index in [0.29, 0.717) is 28.3 Å². The van der Waals surface area contributed by atoms with Gasteiger partial charge in [0, 0.05) is 31.4 Å². The molecule has 11 heteroatoms. The molecule has 1 saturated heterocycles. The molecular formula is C26H32ClFN4O4S. The van der Waals surface area contributed by atoms with Crippen LogP contribution in [0.25, 0.3) is 0 Å². The fraction of sp³-hybridized carbons (Fsp3) is 0.500. The predicted octanol–water partition coefficient (Wildman–Crippen LogP) is 4.15. The van der Waals surface area contributed by atoms with E-state index < -0.39 is 11.9 Å². The van der Waals surface area contributed by atoms with E-state index in [0.717, 1.165) is 19.3 Å². The van der Waals surface area contributed by atoms with E-state index in [2.05, 4.69) is 29.4 Å². The zero-order chi connectivity index (χ0) is 26.5. The Labute approximate surface area is 225 Å². The van der Waals surface area contributed by atoms with Gasteiger partial charge in [-0.1, -0.05) is 31.9 Å². The van der Waals surface area contributed by atoms with Crippen LogP contribution in [-0.2, 0) is 14.3 Å². The Hall–Kier alpha value is -2.53. The minimum absolute atomic E-state index is 0.0874. The highest BCUT2D eigenvalue weighted by molar-refractivity contribution is 7.18. The van der Waals surface area contributed by atoms with E-state index in [1.807, 2.05) is 0 Å². The van der Waals surface area contributed by atoms with Crippen LogP contribution in [0.2, 0.25) is 4.34 Å². The number of hydrogen-bond donors (Lipinski definition) is 2. The Morgan fingerprint density at radius 3 is 2.65 bits per heavy atom. The number of anilines is 2. The van der Waals surface area contributed by atoms with Crippen LogP contribution in [0.5, 0.6) is 0 Å². The van der Waals surface area contributed by atoms with E-state index in [4.69, 9.17) is 16.3 Å². The number of thiophene rings is 1. The summed E-state index contributed by atoms with van der Waals surface area (Å²) in [5, 5.41) is 5.71. The monoisotopic (exact) mass is 550 g/mol. The van der Waals surface area contributed by atoms with Crippen molar-refractivity contribution in [3.63, 3.8) is 0 Å². The van der Waals surface area contributed by atoms with Gasteiger partial charge in [0.1, 0.15) is 18.5 Å². The maximum Gasteiger partial charge on any atom is 0.261 e. The number of carbonyl (C=O) groups excluding carboxylic acids is 3. The Bertz CT molecular complexity index is 1140. The SMILES string of the molecule is CC(C)CN(C1CCC1)[C@@H](CNC(=O)c1ccc(Cl)s1)C(=O)Nc1ccc(N2CCOCC2=O)c(F)c1. The van der Waals surface area contributed by atoms with Crippen molar-refractivity contribution < 1.29 is 23.5 Å². The van der Waals surface area contributed by atoms with Crippen molar-refractivity contribution in [2.75, 3.05) is 43.1 Å². The fourth-order valence-electron chi connectivity index (χ4n) is 4.55. The molecule has 2 aliphatic rings. The molecule has 1 saturated carbocycles. The first-order valence-electron chi connectivity index (χ1n) is 12.5. The topological polar surface area (TPSA) is 91.0 Å². The number of benzene rings is 1. The highest BCUT2D eigenvalue weighted by Gasteiger charge is 2.35. The summed E-state index contributed by atoms with van der Waals surface area (Å²) in [6, 6.07) is 7.21. The molecule has 0 spiro atoms. The van der Waals surface area contributed by atoms with Crippen molar-refractivity contribution in [1.29, 1.82) is 0 Å². The van der Waals surface area contributed by atoms with Crippen LogP contribution in [0, 0.1) is 11.7 Å². The molecule has 1 aromatic carbocycles. The molecule has 1 aromatic heterocycles. The fourth-order valence-corrected chi connectivity index (χ4v) is 5.51. The van der Waals surface area contributed by atoms with Gasteiger partial charge >= 0.3 is 0 Å². The largest absolute Gasteiger partial charge is 0.370 e. The average molecular weight is 551 g/mol. The summed E-state index contributed by atoms with van der Waals surface area (Å²) in [6.45, 7) is 5.49. The molecule has 2 fully saturated rings. The summed E-state index contributed by atoms with van der Waals surface area (Å²) >= 11 is 7.15. The molecule has 2 heterocycles. The summed E-state index contributed by atoms with van der Waals surface area (Å²) < 4.78 is 20.6. The first kappa shape index (κ1) is 27.5. The lowest BCUT2D eigenvalue weighted by Crippen LogP contribution is -2.57. The second-order valence-electron chi connectivity index (χ2n) is 9.76. The van der Waals surface area contributed by atoms with Crippen molar-refractivity contribution in [1.82, 2.24) is 10.2 Å². The highest BCUT2D eigenvalue weighted by Crippen LogP contribution is 2.29. The minimum Gasteiger partial charge on any atom is -0.370 e. The smallest absolute Gasteiger partial charge is 0.261 e. The van der Waals surface area contributed by atoms with E-state index in [-0.39, 0.29) is 54.8 Å². The number of nitrogens with one attached hydrogen (secondary N) is 2. The highest BCUT2D eigenvalue weighted by atomic mass is 35.5. The number of morpholine rings is 1. The molecule has 0 unspecified atom stereocenters. The lowest BCUT2D eigenvalue weighted by molar-refractivity contribution is -0.126. The lowest BCUT2D eigenvalue weighted by Gasteiger charge is -2.42. The van der Waals surface area contributed by atoms with Crippen LogP contribution in [0.1, 0.15) is 42.8 Å². The van der Waals surface area contributed by atoms with Gasteiger partial charge in [-0.05, 0) is 49.1 Å². The Morgan fingerprint density at radius 1 is 1.27 bits per heavy atom. The average Bonchev–Trinajstić information content (AvgIpc) is 3.25. The van der Waals surface area contributed by atoms with Crippen LogP contribution in [0.4, 0.5) is 15.8 Å². The van der Waals surface area contributed by atoms with Gasteiger partial charge in [-0.25, -0.2) is 4.39 Å². The normalized spacial score (nSPS) is 17.1. The molecule has 0 radical (unpaired) electrons. The number of amides is 3. The summed E-state index contributed by atoms with van der Waals surface area (Å²) in [7, 11) is 0. The van der Waals surface area contributed by atoms with Crippen molar-refractivity contribution >= 4 is 52.0 Å². The number of hydrogen-bond acceptors (Lipinski definition) is 6. The molecule has 3 amide bonds. The van der Waals surface area contributed by atoms with Gasteiger partial charge < -0.3 is 20.3 Å². The van der Waals surface area contributed by atoms with Gasteiger partial charge in [-0.2, -0.15) is 0 Å². The first-order valence-corrected chi connectivity index (χ1v) is 13.7. The molecule has 1 aliphatic heterocycles. The standard InChI is InChI=1S/C26H32ClFN4O4S/c1-16(2)14-32(18-4-3-5-18)21(13-29-26(35)22-8-9-23(27)37-22)25(34)30-17-6-7-20(19(28)12-17)31-10-11-36-15-24(31)33/h6-9,12,16,18,21H,3-5,10-11,13-15H2,1-2H3,(H,29,35)(H,30,34)/t21-/m0/s1. The summed E-state index contributed by atoms with van der Waals surface area (Å²) in [5.74, 6) is -1.23. The summed E-state index contributed by atoms with van der Waals surface area (Å²) in [5.41, 5.74) is 0.437. The quantitative estimate of drug-likeness (QED) is 0.464. The Balaban J connectivity index is 1.51. The Morgan fingerprint density at radius 2 is 2.05 bits per heavy atom. The molecule has 200 valence electrons. The third kappa shape index (κ3) is 6.87. The number of nitrogens with zero attached hydrogens (tertiary/aromatic N) is 2. The molecule has 2 N–H and O–H groups in total. The maximum absolute atomic E-state index is 15.0. The number of carbonyl (C=O) groups is 3. The zero-order valence-corrected chi connectivity index (χ0v) is 22.5. The molecule has 8 nitrogen and oxygen atoms in total. The van der Waals surface area contributed by atoms with Gasteiger partial charge in [-0.15, -0.1) is 11.3 Å². The molecule has 2 aromatic rings. The van der Waals surface area contributed by atoms with Crippen molar-refractivity contribution in [3.05, 3.63) is 45.4 Å². The molecular weight excluding hydrogens is 519 g/mol. The van der Waals surface area contributed by atoms with E-state index in [9.17, 15) is 18.8 Å². The van der Waals surface area contributed by atoms with Crippen LogP contribution in [0.15, 0.2) is 30.3 Å². The molecule has 1 aliphatic carbocycles. The molecule has 1 atom stereocenters. The van der Waals surface area contributed by atoms with Crippen LogP contribution >= 0.6 is 22.9 Å². The van der Waals surface area contributed by atoms with Crippen molar-refractivity contribution in [2.24, 2.45) is 5.92 Å². The molecule has 4 rings (SSSR count). The zero-order valence-electron chi connectivity index (χ0n) is 21.0. The van der Waals surface area contributed by atoms with Gasteiger partial charge in [0.15, 0.2) is 0 Å². The van der Waals surface area contributed by atoms with Crippen LogP contribution < -0.4 is 15.5 Å². The van der Waals surface area contributed by atoms with Crippen LogP contribution in [0.3, 0.4) is 0 Å². The summed E-state index contributed by atoms with van der Waals surface area (Å²) in [6.07, 6.45) is 3.07. The molecule has 37 heavy (non-hydrogen) atoms. The molecule has 0 bridgehead atoms. The van der Waals surface area contributed by atoms with Gasteiger partial charge in [0.05, 0.1) is 21.5 Å². The number of rotatable bonds is 10. The van der Waals surface area contributed by atoms with Crippen molar-refractivity contribution in [3.8, 4) is 0 Å². The second-order valence-corrected chi connectivity index (χ2v) is 11.5. The lowest BCUT2D eigenvalue weighted by atomic mass is 9.89. The van der Waals surface area contributed by atoms with Crippen LogP contribution in [-0.4, -0.2) is 67.6 Å². The van der Waals surface area contributed by atoms with E-state index in [1.165, 1.54) is 28.4 Å². The summed E-state index contributed by atoms with van der Waals surface area (Å²) in [4.78, 5) is 42.3. The van der Waals surface area contributed by atoms with Gasteiger partial charge in [-0.3, -0.25) is 19.3 Å². The number of halogens is 2. The second kappa shape index (κ2) is 12.3. The minimum atomic E-state index is -0.643. The van der Waals surface area contributed by atoms with E-state index >= 15 is 0 Å². The van der Waals surface area contributed by atoms with E-state index in [1.54, 1.807) is 18.2 Å². The first-order chi connectivity index (χ1) is 17.7. The number of ether oxygens (including phenoxy) is 1. The van der Waals surface area contributed by atoms with Gasteiger partial charge in [0.2, 0.25) is 5.91 Å².